The molecule has 0 saturated carbocycles. The van der Waals surface area contributed by atoms with E-state index in [9.17, 15) is 134 Å². The van der Waals surface area contributed by atoms with Gasteiger partial charge in [-0.15, -0.1) is 4.94 Å². The first-order valence-corrected chi connectivity index (χ1v) is 25.3. The maximum Gasteiger partial charge on any atom is 0.452 e. The average Bonchev–Trinajstić information content (AvgIpc) is 0.763. The fraction of sp³-hybridized carbons (Fsp3) is 0.640. The van der Waals surface area contributed by atoms with E-state index >= 15 is 17.6 Å². The summed E-state index contributed by atoms with van der Waals surface area (Å²) in [5.74, 6) is -55.1. The molecule has 0 amide bonds. The van der Waals surface area contributed by atoms with E-state index < -0.39 is 224 Å². The van der Waals surface area contributed by atoms with Crippen LogP contribution in [0, 0.1) is 5.41 Å². The minimum atomic E-state index is -6.96. The summed E-state index contributed by atoms with van der Waals surface area (Å²) in [5.41, 5.74) is -3.12. The zero-order valence-corrected chi connectivity index (χ0v) is 50.0. The number of aliphatic hydroxyl groups excluding tert-OH is 1. The molecule has 1 N–H and O–H groups in total. The Morgan fingerprint density at radius 3 is 0.980 bits per heavy atom. The number of carbonyl (C=O) groups excluding carboxylic acids is 6. The van der Waals surface area contributed by atoms with Gasteiger partial charge in [-0.25, -0.2) is 28.4 Å². The zero-order chi connectivity index (χ0) is 79.3. The van der Waals surface area contributed by atoms with Crippen LogP contribution < -0.4 is 0 Å². The van der Waals surface area contributed by atoms with Crippen molar-refractivity contribution in [3.63, 3.8) is 0 Å². The van der Waals surface area contributed by atoms with Crippen molar-refractivity contribution in [2.45, 2.75) is 103 Å². The first-order chi connectivity index (χ1) is 45.0. The van der Waals surface area contributed by atoms with Gasteiger partial charge in [0.2, 0.25) is 0 Å². The average molecular weight is 1540 g/mol. The Balaban J connectivity index is -0.00000454. The lowest BCUT2D eigenvalue weighted by atomic mass is 9.94. The van der Waals surface area contributed by atoms with Crippen molar-refractivity contribution in [1.29, 1.82) is 0 Å². The van der Waals surface area contributed by atoms with Crippen LogP contribution in [0.5, 0.6) is 0 Å². The molecule has 582 valence electrons. The van der Waals surface area contributed by atoms with E-state index in [0.717, 1.165) is 0 Å². The van der Waals surface area contributed by atoms with E-state index in [4.69, 9.17) is 14.6 Å². The number of aldehydes is 1. The summed E-state index contributed by atoms with van der Waals surface area (Å²) in [5, 5.41) is 8.67. The molecule has 100 heavy (non-hydrogen) atoms. The van der Waals surface area contributed by atoms with Crippen LogP contribution >= 0.6 is 0 Å². The Bertz CT molecular complexity index is 2680. The summed E-state index contributed by atoms with van der Waals surface area (Å²) >= 11 is 0. The topological polar surface area (TPSA) is 252 Å². The minimum absolute atomic E-state index is 0.000598. The van der Waals surface area contributed by atoms with Gasteiger partial charge in [0.1, 0.15) is 32.7 Å². The standard InChI is InChI=1S/C41H44F24O17.C6H5F5O3.C3H4O/c1-6-24(67)73-19-31(45,46)36(54,55)77-12-10-11-71-14-28(5,15-72-17-29(42,81-39(60,61)30(43,44)13-66)18-79-37(56,57)32(47,48)20-74-25(68)7-2)16-78-41(64,65)35(53,82-40(62,63)34(51,52)22-76-27(70)9-4)23-80-38(58,59)33(49,50)21-75-26(69)8-3;1-2-4(12)13-3-5(7,8)6(9,10)14-11;1-2-3-4/h6-9,66H,1-4,10-23H2,5H3;2H,1,3H2;2-3H,1H2. The second-order valence-corrected chi connectivity index (χ2v) is 18.8. The van der Waals surface area contributed by atoms with Crippen LogP contribution in [0.2, 0.25) is 0 Å². The Morgan fingerprint density at radius 1 is 0.350 bits per heavy atom. The van der Waals surface area contributed by atoms with Crippen LogP contribution in [0.1, 0.15) is 13.3 Å². The zero-order valence-electron chi connectivity index (χ0n) is 50.0. The number of carbonyl (C=O) groups is 6. The number of aliphatic hydroxyl groups is 1. The summed E-state index contributed by atoms with van der Waals surface area (Å²) in [7, 11) is 0. The molecule has 0 spiro atoms. The number of ether oxygens (including phenoxy) is 13. The van der Waals surface area contributed by atoms with Gasteiger partial charge < -0.3 is 57.2 Å². The Labute approximate surface area is 541 Å². The van der Waals surface area contributed by atoms with Crippen molar-refractivity contribution in [3.05, 3.63) is 75.9 Å². The second-order valence-electron chi connectivity index (χ2n) is 18.8. The van der Waals surface area contributed by atoms with Crippen LogP contribution in [0.25, 0.3) is 0 Å². The number of halogens is 29. The molecule has 0 aliphatic heterocycles. The molecular weight excluding hydrogens is 1490 g/mol. The summed E-state index contributed by atoms with van der Waals surface area (Å²) in [6.07, 6.45) is -42.2. The maximum absolute atomic E-state index is 16.2. The van der Waals surface area contributed by atoms with E-state index in [0.29, 0.717) is 12.4 Å². The number of hydrogen-bond acceptors (Lipinski definition) is 21. The first kappa shape index (κ1) is 97.2. The molecule has 0 saturated heterocycles. The lowest BCUT2D eigenvalue weighted by Crippen LogP contribution is -2.61. The number of rotatable bonds is 49. The highest BCUT2D eigenvalue weighted by Crippen LogP contribution is 2.48. The predicted octanol–water partition coefficient (Wildman–Crippen LogP) is 10.7. The van der Waals surface area contributed by atoms with Gasteiger partial charge in [0.05, 0.1) is 26.4 Å². The molecule has 0 aromatic heterocycles. The van der Waals surface area contributed by atoms with E-state index in [2.05, 4.69) is 96.3 Å². The van der Waals surface area contributed by atoms with Crippen molar-refractivity contribution in [1.82, 2.24) is 0 Å². The Morgan fingerprint density at radius 2 is 0.650 bits per heavy atom. The molecule has 3 unspecified atom stereocenters. The smallest absolute Gasteiger partial charge is 0.452 e. The van der Waals surface area contributed by atoms with Crippen molar-refractivity contribution in [2.24, 2.45) is 5.41 Å². The minimum Gasteiger partial charge on any atom is -0.456 e. The van der Waals surface area contributed by atoms with Crippen LogP contribution in [-0.2, 0) is 95.3 Å². The fourth-order valence-electron chi connectivity index (χ4n) is 4.85. The van der Waals surface area contributed by atoms with Crippen molar-refractivity contribution < 1.29 is 228 Å². The van der Waals surface area contributed by atoms with Gasteiger partial charge in [0, 0.05) is 42.4 Å². The Hall–Kier alpha value is -6.97. The largest absolute Gasteiger partial charge is 0.456 e. The van der Waals surface area contributed by atoms with Gasteiger partial charge in [-0.05, 0) is 17.0 Å². The van der Waals surface area contributed by atoms with Crippen molar-refractivity contribution in [3.8, 4) is 0 Å². The molecule has 0 aromatic rings. The fourth-order valence-corrected chi connectivity index (χ4v) is 4.85. The highest BCUT2D eigenvalue weighted by molar-refractivity contribution is 5.82. The molecular formula is C50H53F29O21. The van der Waals surface area contributed by atoms with E-state index in [1.54, 1.807) is 4.94 Å². The lowest BCUT2D eigenvalue weighted by Gasteiger charge is -2.39. The van der Waals surface area contributed by atoms with Gasteiger partial charge in [0.15, 0.2) is 33.0 Å². The van der Waals surface area contributed by atoms with Crippen LogP contribution in [0.3, 0.4) is 0 Å². The summed E-state index contributed by atoms with van der Waals surface area (Å²) in [6.45, 7) is -17.8. The third kappa shape index (κ3) is 30.7. The quantitative estimate of drug-likeness (QED) is 0.0148. The van der Waals surface area contributed by atoms with Crippen molar-refractivity contribution >= 4 is 36.1 Å². The van der Waals surface area contributed by atoms with E-state index in [1.807, 2.05) is 0 Å². The highest BCUT2D eigenvalue weighted by atomic mass is 19.4. The van der Waals surface area contributed by atoms with Crippen LogP contribution in [0.4, 0.5) is 127 Å². The molecule has 0 aliphatic rings. The third-order valence-corrected chi connectivity index (χ3v) is 10.2. The van der Waals surface area contributed by atoms with Crippen LogP contribution in [0.15, 0.2) is 75.9 Å². The maximum atomic E-state index is 16.2. The predicted molar refractivity (Wildman–Crippen MR) is 264 cm³/mol. The van der Waals surface area contributed by atoms with Gasteiger partial charge >= 0.3 is 114 Å². The van der Waals surface area contributed by atoms with Gasteiger partial charge in [-0.2, -0.15) is 119 Å². The summed E-state index contributed by atoms with van der Waals surface area (Å²) in [6, 6.07) is 0. The summed E-state index contributed by atoms with van der Waals surface area (Å²) < 4.78 is 458. The molecule has 0 radical (unpaired) electrons. The number of hydrogen-bond donors (Lipinski definition) is 1. The Kier molecular flexibility index (Phi) is 37.8. The molecule has 50 heteroatoms. The summed E-state index contributed by atoms with van der Waals surface area (Å²) in [4.78, 5) is 65.5. The van der Waals surface area contributed by atoms with Gasteiger partial charge in [0.25, 0.3) is 5.85 Å². The lowest BCUT2D eigenvalue weighted by molar-refractivity contribution is -0.488. The van der Waals surface area contributed by atoms with E-state index in [-0.39, 0.29) is 31.2 Å². The molecule has 21 nitrogen and oxygen atoms in total. The molecule has 0 aliphatic carbocycles. The SMILES string of the molecule is C=CC(=O)OCC(F)(F)C(F)(F)OCCCOCC(C)(COCC(F)(COC(F)(F)C(F)(F)COC(=O)C=C)OC(F)(F)C(F)(F)CO)COC(F)(F)C(F)(COC(F)(F)C(F)(F)COC(=O)C=C)OC(F)(F)C(F)(F)COC(=O)C=C.C=CC(=O)OCC(F)(F)C(F)(F)OF.C=CC=O. The second kappa shape index (κ2) is 38.9. The molecule has 0 heterocycles. The van der Waals surface area contributed by atoms with E-state index in [1.165, 1.54) is 6.08 Å². The number of esters is 5. The van der Waals surface area contributed by atoms with Gasteiger partial charge in [-0.3, -0.25) is 14.3 Å². The monoisotopic (exact) mass is 1540 g/mol. The molecule has 3 atom stereocenters. The molecule has 0 rings (SSSR count). The molecule has 0 fully saturated rings. The first-order valence-electron chi connectivity index (χ1n) is 25.3. The van der Waals surface area contributed by atoms with Gasteiger partial charge in [-0.1, -0.05) is 46.4 Å². The highest BCUT2D eigenvalue weighted by Gasteiger charge is 2.72. The molecule has 0 aromatic carbocycles. The molecule has 0 bridgehead atoms. The van der Waals surface area contributed by atoms with Crippen LogP contribution in [-0.4, -0.2) is 224 Å². The van der Waals surface area contributed by atoms with Crippen molar-refractivity contribution in [2.75, 3.05) is 92.5 Å². The number of alkyl halides is 28. The third-order valence-electron chi connectivity index (χ3n) is 10.2. The normalized spacial score (nSPS) is 15.0. The number of allylic oxidation sites excluding steroid dienone is 1.